The van der Waals surface area contributed by atoms with Gasteiger partial charge in [0.05, 0.1) is 18.4 Å². The third-order valence-electron chi connectivity index (χ3n) is 4.33. The third kappa shape index (κ3) is 5.14. The quantitative estimate of drug-likeness (QED) is 0.718. The number of nitrogens with one attached hydrogen (secondary N) is 2. The van der Waals surface area contributed by atoms with Gasteiger partial charge in [0.15, 0.2) is 0 Å². The Hall–Kier alpha value is -1.73. The minimum absolute atomic E-state index is 0. The number of halogens is 2. The fraction of sp³-hybridized carbons (Fsp3) is 0.421. The number of pyridine rings is 1. The Morgan fingerprint density at radius 3 is 2.77 bits per heavy atom. The first kappa shape index (κ1) is 20.6. The molecule has 1 aliphatic heterocycles. The van der Waals surface area contributed by atoms with Gasteiger partial charge in [-0.1, -0.05) is 13.0 Å². The average Bonchev–Trinajstić information content (AvgIpc) is 2.66. The van der Waals surface area contributed by atoms with Crippen LogP contribution >= 0.6 is 12.4 Å². The van der Waals surface area contributed by atoms with Gasteiger partial charge in [0, 0.05) is 43.1 Å². The first-order valence-electron chi connectivity index (χ1n) is 8.74. The Balaban J connectivity index is 0.00000243. The van der Waals surface area contributed by atoms with Crippen LogP contribution in [0.15, 0.2) is 30.3 Å². The van der Waals surface area contributed by atoms with Gasteiger partial charge in [0.25, 0.3) is 0 Å². The number of benzene rings is 1. The minimum Gasteiger partial charge on any atom is -0.381 e. The molecule has 1 aromatic carbocycles. The number of anilines is 1. The van der Waals surface area contributed by atoms with Crippen LogP contribution in [0.4, 0.5) is 10.1 Å². The lowest BCUT2D eigenvalue weighted by atomic mass is 10.1. The van der Waals surface area contributed by atoms with E-state index in [-0.39, 0.29) is 24.3 Å². The van der Waals surface area contributed by atoms with Crippen molar-refractivity contribution in [3.63, 3.8) is 0 Å². The maximum Gasteiger partial charge on any atom is 0.131 e. The first-order chi connectivity index (χ1) is 12.2. The Morgan fingerprint density at radius 2 is 2.12 bits per heavy atom. The molecule has 7 heteroatoms. The molecule has 0 aliphatic carbocycles. The summed E-state index contributed by atoms with van der Waals surface area (Å²) in [7, 11) is 0. The zero-order valence-electron chi connectivity index (χ0n) is 14.9. The largest absolute Gasteiger partial charge is 0.381 e. The standard InChI is InChI=1S/C19H25FN4O.ClH/c1-2-14-7-13(8-16(10-21)24-14)11-23-15-3-4-17(18(20)9-15)19-12-22-5-6-25-19;/h3-4,7-9,19,22-23H,2,5-6,10-12,21H2,1H3;1H/t19-;/m1./s1. The van der Waals surface area contributed by atoms with Crippen molar-refractivity contribution in [1.82, 2.24) is 10.3 Å². The van der Waals surface area contributed by atoms with Crippen molar-refractivity contribution in [2.75, 3.05) is 25.0 Å². The van der Waals surface area contributed by atoms with Crippen molar-refractivity contribution in [1.29, 1.82) is 0 Å². The second kappa shape index (κ2) is 9.83. The SMILES string of the molecule is CCc1cc(CNc2ccc([C@H]3CNCCO3)c(F)c2)cc(CN)n1.Cl. The summed E-state index contributed by atoms with van der Waals surface area (Å²) in [5.41, 5.74) is 10.0. The molecule has 0 saturated carbocycles. The summed E-state index contributed by atoms with van der Waals surface area (Å²) in [4.78, 5) is 4.47. The van der Waals surface area contributed by atoms with Crippen molar-refractivity contribution >= 4 is 18.1 Å². The number of ether oxygens (including phenoxy) is 1. The van der Waals surface area contributed by atoms with E-state index in [0.29, 0.717) is 31.8 Å². The molecule has 1 saturated heterocycles. The summed E-state index contributed by atoms with van der Waals surface area (Å²) in [6.07, 6.45) is 0.641. The van der Waals surface area contributed by atoms with Crippen LogP contribution in [-0.2, 0) is 24.2 Å². The maximum absolute atomic E-state index is 14.4. The zero-order chi connectivity index (χ0) is 17.6. The predicted octanol–water partition coefficient (Wildman–Crippen LogP) is 2.94. The van der Waals surface area contributed by atoms with Crippen molar-refractivity contribution in [3.05, 3.63) is 58.7 Å². The van der Waals surface area contributed by atoms with Crippen LogP contribution in [0, 0.1) is 5.82 Å². The minimum atomic E-state index is -0.245. The Bertz CT molecular complexity index is 700. The number of aryl methyl sites for hydroxylation is 1. The van der Waals surface area contributed by atoms with Gasteiger partial charge in [0.1, 0.15) is 5.82 Å². The van der Waals surface area contributed by atoms with Gasteiger partial charge in [-0.25, -0.2) is 4.39 Å². The molecule has 0 bridgehead atoms. The summed E-state index contributed by atoms with van der Waals surface area (Å²) in [5.74, 6) is -0.245. The van der Waals surface area contributed by atoms with Gasteiger partial charge >= 0.3 is 0 Å². The molecule has 0 spiro atoms. The number of hydrogen-bond acceptors (Lipinski definition) is 5. The van der Waals surface area contributed by atoms with Crippen molar-refractivity contribution < 1.29 is 9.13 Å². The molecule has 5 nitrogen and oxygen atoms in total. The molecule has 1 aliphatic rings. The summed E-state index contributed by atoms with van der Waals surface area (Å²) >= 11 is 0. The molecule has 1 fully saturated rings. The molecule has 0 amide bonds. The van der Waals surface area contributed by atoms with Crippen LogP contribution in [0.25, 0.3) is 0 Å². The van der Waals surface area contributed by atoms with Crippen LogP contribution in [0.3, 0.4) is 0 Å². The van der Waals surface area contributed by atoms with E-state index in [1.165, 1.54) is 6.07 Å². The molecule has 1 atom stereocenters. The Labute approximate surface area is 159 Å². The Kier molecular flexibility index (Phi) is 7.78. The average molecular weight is 381 g/mol. The highest BCUT2D eigenvalue weighted by Gasteiger charge is 2.19. The molecule has 1 aromatic heterocycles. The highest BCUT2D eigenvalue weighted by Crippen LogP contribution is 2.24. The number of hydrogen-bond donors (Lipinski definition) is 3. The highest BCUT2D eigenvalue weighted by atomic mass is 35.5. The topological polar surface area (TPSA) is 72.2 Å². The van der Waals surface area contributed by atoms with Gasteiger partial charge in [-0.05, 0) is 36.2 Å². The predicted molar refractivity (Wildman–Crippen MR) is 104 cm³/mol. The molecule has 142 valence electrons. The second-order valence-corrected chi connectivity index (χ2v) is 6.17. The van der Waals surface area contributed by atoms with Crippen LogP contribution in [0.5, 0.6) is 0 Å². The summed E-state index contributed by atoms with van der Waals surface area (Å²) in [6.45, 7) is 5.14. The number of nitrogens with zero attached hydrogens (tertiary/aromatic N) is 1. The first-order valence-corrected chi connectivity index (χ1v) is 8.74. The van der Waals surface area contributed by atoms with Crippen LogP contribution in [-0.4, -0.2) is 24.7 Å². The van der Waals surface area contributed by atoms with Crippen molar-refractivity contribution in [3.8, 4) is 0 Å². The van der Waals surface area contributed by atoms with Crippen LogP contribution in [0.2, 0.25) is 0 Å². The number of nitrogens with two attached hydrogens (primary N) is 1. The van der Waals surface area contributed by atoms with Gasteiger partial charge < -0.3 is 21.1 Å². The van der Waals surface area contributed by atoms with E-state index < -0.39 is 0 Å². The Morgan fingerprint density at radius 1 is 1.31 bits per heavy atom. The third-order valence-corrected chi connectivity index (χ3v) is 4.33. The van der Waals surface area contributed by atoms with E-state index in [2.05, 4.69) is 28.6 Å². The molecule has 0 unspecified atom stereocenters. The molecule has 2 heterocycles. The van der Waals surface area contributed by atoms with Gasteiger partial charge in [-0.3, -0.25) is 4.98 Å². The summed E-state index contributed by atoms with van der Waals surface area (Å²) in [6, 6.07) is 9.25. The van der Waals surface area contributed by atoms with Crippen molar-refractivity contribution in [2.45, 2.75) is 32.5 Å². The van der Waals surface area contributed by atoms with E-state index in [9.17, 15) is 4.39 Å². The number of rotatable bonds is 6. The zero-order valence-corrected chi connectivity index (χ0v) is 15.7. The molecular weight excluding hydrogens is 355 g/mol. The fourth-order valence-electron chi connectivity index (χ4n) is 2.97. The van der Waals surface area contributed by atoms with E-state index in [4.69, 9.17) is 10.5 Å². The van der Waals surface area contributed by atoms with Gasteiger partial charge in [0.2, 0.25) is 0 Å². The smallest absolute Gasteiger partial charge is 0.131 e. The van der Waals surface area contributed by atoms with Crippen molar-refractivity contribution in [2.24, 2.45) is 5.73 Å². The molecule has 26 heavy (non-hydrogen) atoms. The van der Waals surface area contributed by atoms with Gasteiger partial charge in [-0.15, -0.1) is 12.4 Å². The lowest BCUT2D eigenvalue weighted by Crippen LogP contribution is -2.33. The lowest BCUT2D eigenvalue weighted by molar-refractivity contribution is 0.0255. The maximum atomic E-state index is 14.4. The number of aromatic nitrogens is 1. The molecule has 2 aromatic rings. The van der Waals surface area contributed by atoms with E-state index in [1.54, 1.807) is 6.07 Å². The number of morpholine rings is 1. The van der Waals surface area contributed by atoms with Crippen LogP contribution in [0.1, 0.15) is 35.5 Å². The highest BCUT2D eigenvalue weighted by molar-refractivity contribution is 5.85. The lowest BCUT2D eigenvalue weighted by Gasteiger charge is -2.24. The summed E-state index contributed by atoms with van der Waals surface area (Å²) < 4.78 is 20.0. The molecule has 4 N–H and O–H groups in total. The summed E-state index contributed by atoms with van der Waals surface area (Å²) in [5, 5.41) is 6.49. The van der Waals surface area contributed by atoms with E-state index >= 15 is 0 Å². The van der Waals surface area contributed by atoms with E-state index in [0.717, 1.165) is 35.6 Å². The monoisotopic (exact) mass is 380 g/mol. The van der Waals surface area contributed by atoms with Crippen LogP contribution < -0.4 is 16.4 Å². The molecule has 3 rings (SSSR count). The normalized spacial score (nSPS) is 16.8. The molecule has 0 radical (unpaired) electrons. The van der Waals surface area contributed by atoms with E-state index in [1.807, 2.05) is 12.1 Å². The second-order valence-electron chi connectivity index (χ2n) is 6.17. The van der Waals surface area contributed by atoms with Gasteiger partial charge in [-0.2, -0.15) is 0 Å². The fourth-order valence-corrected chi connectivity index (χ4v) is 2.97. The molecular formula is C19H26ClFN4O.